The fraction of sp³-hybridized carbons (Fsp3) is 0. The van der Waals surface area contributed by atoms with E-state index < -0.39 is 0 Å². The normalized spacial score (nSPS) is 11.6. The van der Waals surface area contributed by atoms with Gasteiger partial charge in [0.05, 0.1) is 129 Å². The van der Waals surface area contributed by atoms with E-state index >= 15 is 0 Å². The molecule has 0 aliphatic rings. The molecule has 0 amide bonds. The molecular formula is C136H88N14. The van der Waals surface area contributed by atoms with E-state index in [0.717, 1.165) is 173 Å². The van der Waals surface area contributed by atoms with Gasteiger partial charge < -0.3 is 22.8 Å². The number of pyridine rings is 4. The standard InChI is InChI=1S/C46H30N4.2C45H29N5/c1-4-14-31(15-5-1)39-29-35(30-40(48-39)32-16-6-2-7-17-32)50-42-26-25-33(28-38(42)46-44(50)24-13-27-47-46)36-21-12-23-43-45(36)37-20-10-11-22-41(37)49(43)34-18-8-3-9-19-34;1-4-14-30(15-5-1)37-29-38(31-16-6-2-7-17-31)48-45(47-37)50-40-26-25-32(28-36(40)44-42(50)24-13-27-46-44)34-21-12-23-41-43(34)35-20-10-11-22-39(35)49(41)33-18-8-3-9-19-33;1-4-14-30(15-5-1)43-41(29-47-45(48-43)31-16-6-2-7-17-31)50-38-26-25-32(28-36(38)44-40(50)24-13-27-46-44)34-21-12-23-39-42(34)35-20-10-11-22-37(35)49(39)33-18-8-3-9-19-33/h1-30H;2*1-29H. The monoisotopic (exact) mass is 1920 g/mol. The zero-order chi connectivity index (χ0) is 99.1. The smallest absolute Gasteiger partial charge is 0.235 e. The van der Waals surface area contributed by atoms with Crippen molar-refractivity contribution in [3.05, 3.63) is 534 Å². The van der Waals surface area contributed by atoms with Crippen molar-refractivity contribution in [2.45, 2.75) is 0 Å². The predicted molar refractivity (Wildman–Crippen MR) is 617 cm³/mol. The molecule has 12 aromatic heterocycles. The van der Waals surface area contributed by atoms with Gasteiger partial charge in [-0.2, -0.15) is 0 Å². The minimum absolute atomic E-state index is 0.610. The third kappa shape index (κ3) is 15.1. The Morgan fingerprint density at radius 2 is 0.447 bits per heavy atom. The van der Waals surface area contributed by atoms with E-state index in [0.29, 0.717) is 11.8 Å². The first-order chi connectivity index (χ1) is 74.5. The second kappa shape index (κ2) is 37.0. The summed E-state index contributed by atoms with van der Waals surface area (Å²) in [6.45, 7) is 0. The summed E-state index contributed by atoms with van der Waals surface area (Å²) in [5.74, 6) is 1.30. The summed E-state index contributed by atoms with van der Waals surface area (Å²) < 4.78 is 13.9. The first kappa shape index (κ1) is 87.3. The number of para-hydroxylation sites is 6. The van der Waals surface area contributed by atoms with Crippen LogP contribution in [0.5, 0.6) is 0 Å². The van der Waals surface area contributed by atoms with Crippen LogP contribution in [0.2, 0.25) is 0 Å². The molecule has 18 aromatic carbocycles. The first-order valence-corrected chi connectivity index (χ1v) is 50.5. The summed E-state index contributed by atoms with van der Waals surface area (Å²) in [7, 11) is 0. The van der Waals surface area contributed by atoms with Crippen molar-refractivity contribution >= 4 is 131 Å². The molecule has 0 fully saturated rings. The van der Waals surface area contributed by atoms with E-state index in [-0.39, 0.29) is 0 Å². The van der Waals surface area contributed by atoms with Crippen LogP contribution >= 0.6 is 0 Å². The van der Waals surface area contributed by atoms with Gasteiger partial charge in [0.2, 0.25) is 5.95 Å². The molecule has 0 spiro atoms. The fourth-order valence-electron chi connectivity index (χ4n) is 22.4. The molecule has 702 valence electrons. The highest BCUT2D eigenvalue weighted by Crippen LogP contribution is 2.48. The number of hydrogen-bond acceptors (Lipinski definition) is 8. The number of fused-ring (bicyclic) bond motifs is 18. The fourth-order valence-corrected chi connectivity index (χ4v) is 22.4. The van der Waals surface area contributed by atoms with Crippen molar-refractivity contribution in [1.29, 1.82) is 0 Å². The molecule has 0 bridgehead atoms. The van der Waals surface area contributed by atoms with Crippen molar-refractivity contribution in [2.24, 2.45) is 0 Å². The molecule has 12 heterocycles. The molecule has 30 rings (SSSR count). The molecule has 14 heteroatoms. The minimum Gasteiger partial charge on any atom is -0.309 e. The van der Waals surface area contributed by atoms with Crippen LogP contribution in [0, 0.1) is 0 Å². The molecule has 0 atom stereocenters. The van der Waals surface area contributed by atoms with Gasteiger partial charge in [-0.05, 0) is 197 Å². The molecule has 0 aliphatic carbocycles. The van der Waals surface area contributed by atoms with Crippen LogP contribution in [0.4, 0.5) is 0 Å². The maximum absolute atomic E-state index is 5.18. The Balaban J connectivity index is 0.000000108. The van der Waals surface area contributed by atoms with Gasteiger partial charge >= 0.3 is 0 Å². The predicted octanol–water partition coefficient (Wildman–Crippen LogP) is 33.8. The Kier molecular flexibility index (Phi) is 21.6. The number of rotatable bonds is 15. The highest BCUT2D eigenvalue weighted by Gasteiger charge is 2.28. The first-order valence-electron chi connectivity index (χ1n) is 50.5. The van der Waals surface area contributed by atoms with Crippen LogP contribution in [0.3, 0.4) is 0 Å². The van der Waals surface area contributed by atoms with E-state index in [2.05, 4.69) is 434 Å². The highest BCUT2D eigenvalue weighted by molar-refractivity contribution is 6.21. The molecule has 0 radical (unpaired) electrons. The van der Waals surface area contributed by atoms with Gasteiger partial charge in [0.25, 0.3) is 0 Å². The summed E-state index contributed by atoms with van der Waals surface area (Å²) in [5.41, 5.74) is 39.2. The van der Waals surface area contributed by atoms with Gasteiger partial charge in [-0.25, -0.2) is 24.9 Å². The molecule has 0 N–H and O–H groups in total. The van der Waals surface area contributed by atoms with Gasteiger partial charge in [0.15, 0.2) is 5.82 Å². The minimum atomic E-state index is 0.610. The van der Waals surface area contributed by atoms with E-state index in [1.165, 1.54) is 82.1 Å². The SMILES string of the molecule is c1ccc(-c2cc(-c3ccccc3)nc(-n3c4ccc(-c5cccc6c5c5ccccc5n6-c5ccccc5)cc4c4ncccc43)n2)cc1.c1ccc(-c2cc(-n3c4ccc(-c5cccc6c5c5ccccc5n6-c5ccccc5)cc4c4ncccc43)cc(-c3ccccc3)n2)cc1.c1ccc(-c2ncc(-n3c4ccc(-c5cccc6c5c5ccccc5n6-c5ccccc5)cc4c4ncccc43)c(-c3ccccc3)n2)cc1. The largest absolute Gasteiger partial charge is 0.309 e. The van der Waals surface area contributed by atoms with E-state index in [1.807, 2.05) is 128 Å². The zero-order valence-electron chi connectivity index (χ0n) is 81.1. The Bertz CT molecular complexity index is 9930. The topological polar surface area (TPSA) is 133 Å². The van der Waals surface area contributed by atoms with Gasteiger partial charge in [0, 0.05) is 118 Å². The summed E-state index contributed by atoms with van der Waals surface area (Å²) in [4.78, 5) is 40.4. The average molecular weight is 1920 g/mol. The third-order valence-corrected chi connectivity index (χ3v) is 29.0. The molecule has 14 nitrogen and oxygen atoms in total. The lowest BCUT2D eigenvalue weighted by atomic mass is 9.98. The van der Waals surface area contributed by atoms with E-state index in [4.69, 9.17) is 39.9 Å². The third-order valence-electron chi connectivity index (χ3n) is 29.0. The summed E-state index contributed by atoms with van der Waals surface area (Å²) in [5, 5.41) is 10.6. The van der Waals surface area contributed by atoms with Crippen LogP contribution in [-0.4, -0.2) is 67.3 Å². The van der Waals surface area contributed by atoms with E-state index in [9.17, 15) is 0 Å². The van der Waals surface area contributed by atoms with Gasteiger partial charge in [-0.15, -0.1) is 0 Å². The molecule has 0 unspecified atom stereocenters. The maximum atomic E-state index is 5.18. The molecule has 0 saturated heterocycles. The number of benzene rings is 18. The lowest BCUT2D eigenvalue weighted by molar-refractivity contribution is 0.994. The van der Waals surface area contributed by atoms with Crippen molar-refractivity contribution < 1.29 is 0 Å². The van der Waals surface area contributed by atoms with Crippen molar-refractivity contribution in [2.75, 3.05) is 0 Å². The molecule has 30 aromatic rings. The Morgan fingerprint density at radius 3 is 0.827 bits per heavy atom. The second-order valence-corrected chi connectivity index (χ2v) is 37.6. The summed E-state index contributed by atoms with van der Waals surface area (Å²) in [6.07, 6.45) is 7.59. The number of nitrogens with zero attached hydrogens (tertiary/aromatic N) is 14. The van der Waals surface area contributed by atoms with Gasteiger partial charge in [0.1, 0.15) is 0 Å². The van der Waals surface area contributed by atoms with Crippen LogP contribution < -0.4 is 0 Å². The van der Waals surface area contributed by atoms with E-state index in [1.54, 1.807) is 0 Å². The summed E-state index contributed by atoms with van der Waals surface area (Å²) in [6, 6.07) is 179. The maximum Gasteiger partial charge on any atom is 0.235 e. The molecule has 0 saturated carbocycles. The number of aromatic nitrogens is 14. The Morgan fingerprint density at radius 1 is 0.160 bits per heavy atom. The summed E-state index contributed by atoms with van der Waals surface area (Å²) >= 11 is 0. The lowest BCUT2D eigenvalue weighted by Crippen LogP contribution is -2.04. The zero-order valence-corrected chi connectivity index (χ0v) is 81.1. The molecule has 0 aliphatic heterocycles. The van der Waals surface area contributed by atoms with Crippen molar-refractivity contribution in [3.63, 3.8) is 0 Å². The Labute approximate surface area is 862 Å². The molecular weight excluding hydrogens is 1830 g/mol. The van der Waals surface area contributed by atoms with Crippen LogP contribution in [0.1, 0.15) is 0 Å². The number of hydrogen-bond donors (Lipinski definition) is 0. The lowest BCUT2D eigenvalue weighted by Gasteiger charge is -2.14. The van der Waals surface area contributed by atoms with Crippen LogP contribution in [0.25, 0.3) is 267 Å². The Hall–Kier alpha value is -20.5. The second-order valence-electron chi connectivity index (χ2n) is 37.6. The average Bonchev–Trinajstić information content (AvgIpc) is 1.57. The van der Waals surface area contributed by atoms with Crippen LogP contribution in [-0.2, 0) is 0 Å². The molecule has 150 heavy (non-hydrogen) atoms. The van der Waals surface area contributed by atoms with Crippen molar-refractivity contribution in [1.82, 2.24) is 67.3 Å². The highest BCUT2D eigenvalue weighted by atomic mass is 15.2. The van der Waals surface area contributed by atoms with Gasteiger partial charge in [-0.1, -0.05) is 346 Å². The van der Waals surface area contributed by atoms with Crippen molar-refractivity contribution in [3.8, 4) is 135 Å². The van der Waals surface area contributed by atoms with Gasteiger partial charge in [-0.3, -0.25) is 19.5 Å². The van der Waals surface area contributed by atoms with Crippen LogP contribution in [0.15, 0.2) is 534 Å². The quantitative estimate of drug-likeness (QED) is 0.0991.